The number of hydrogen-bond acceptors (Lipinski definition) is 5. The summed E-state index contributed by atoms with van der Waals surface area (Å²) in [7, 11) is 0. The van der Waals surface area contributed by atoms with Gasteiger partial charge in [0.1, 0.15) is 6.07 Å². The first-order chi connectivity index (χ1) is 9.01. The number of rotatable bonds is 2. The summed E-state index contributed by atoms with van der Waals surface area (Å²) in [6.45, 7) is 6.04. The molecule has 0 spiro atoms. The lowest BCUT2D eigenvalue weighted by Gasteiger charge is -2.36. The molecule has 0 radical (unpaired) electrons. The lowest BCUT2D eigenvalue weighted by molar-refractivity contribution is -0.384. The average Bonchev–Trinajstić information content (AvgIpc) is 2.36. The van der Waals surface area contributed by atoms with Crippen LogP contribution in [0, 0.1) is 21.4 Å². The van der Waals surface area contributed by atoms with Crippen LogP contribution in [-0.2, 0) is 0 Å². The molecule has 1 heterocycles. The second-order valence-corrected chi connectivity index (χ2v) is 6.61. The third kappa shape index (κ3) is 2.99. The van der Waals surface area contributed by atoms with E-state index in [1.165, 1.54) is 12.1 Å². The predicted molar refractivity (Wildman–Crippen MR) is 76.5 cm³/mol. The molecule has 1 aliphatic rings. The summed E-state index contributed by atoms with van der Waals surface area (Å²) in [6, 6.07) is 6.57. The number of benzene rings is 1. The van der Waals surface area contributed by atoms with Crippen molar-refractivity contribution >= 4 is 23.1 Å². The van der Waals surface area contributed by atoms with Crippen molar-refractivity contribution in [2.75, 3.05) is 18.0 Å². The first-order valence-electron chi connectivity index (χ1n) is 6.10. The largest absolute Gasteiger partial charge is 0.368 e. The predicted octanol–water partition coefficient (Wildman–Crippen LogP) is 2.80. The Hall–Kier alpha value is -1.74. The fraction of sp³-hybridized carbons (Fsp3) is 0.462. The van der Waals surface area contributed by atoms with Crippen LogP contribution in [0.25, 0.3) is 0 Å². The second-order valence-electron chi connectivity index (χ2n) is 4.73. The van der Waals surface area contributed by atoms with Crippen LogP contribution in [-0.4, -0.2) is 28.5 Å². The highest BCUT2D eigenvalue weighted by Crippen LogP contribution is 2.31. The molecule has 100 valence electrons. The fourth-order valence-electron chi connectivity index (χ4n) is 2.38. The number of nitro groups is 1. The maximum absolute atomic E-state index is 10.7. The molecule has 0 saturated carbocycles. The van der Waals surface area contributed by atoms with Crippen LogP contribution in [0.2, 0.25) is 0 Å². The van der Waals surface area contributed by atoms with Crippen molar-refractivity contribution in [2.24, 2.45) is 0 Å². The Bertz CT molecular complexity index is 531. The molecule has 0 aromatic heterocycles. The molecular formula is C13H15N3O2S. The van der Waals surface area contributed by atoms with E-state index in [1.807, 2.05) is 11.8 Å². The molecule has 1 saturated heterocycles. The van der Waals surface area contributed by atoms with Gasteiger partial charge in [-0.15, -0.1) is 0 Å². The van der Waals surface area contributed by atoms with Gasteiger partial charge in [0.2, 0.25) is 0 Å². The highest BCUT2D eigenvalue weighted by atomic mass is 32.2. The SMILES string of the molecule is CC1CN(c2ccc([N+](=O)[O-])cc2C#N)CC(C)S1. The van der Waals surface area contributed by atoms with Gasteiger partial charge in [-0.2, -0.15) is 17.0 Å². The van der Waals surface area contributed by atoms with Gasteiger partial charge in [-0.25, -0.2) is 0 Å². The molecule has 2 rings (SSSR count). The molecule has 1 aromatic carbocycles. The Morgan fingerprint density at radius 2 is 2.05 bits per heavy atom. The Balaban J connectivity index is 2.34. The molecule has 0 bridgehead atoms. The van der Waals surface area contributed by atoms with Crippen LogP contribution in [0.5, 0.6) is 0 Å². The molecule has 0 N–H and O–H groups in total. The summed E-state index contributed by atoms with van der Waals surface area (Å²) in [5.41, 5.74) is 1.14. The molecule has 6 heteroatoms. The summed E-state index contributed by atoms with van der Waals surface area (Å²) in [4.78, 5) is 12.4. The van der Waals surface area contributed by atoms with Crippen molar-refractivity contribution in [1.82, 2.24) is 0 Å². The normalized spacial score (nSPS) is 22.9. The second kappa shape index (κ2) is 5.49. The van der Waals surface area contributed by atoms with Gasteiger partial charge in [0.15, 0.2) is 0 Å². The van der Waals surface area contributed by atoms with Gasteiger partial charge in [-0.05, 0) is 6.07 Å². The van der Waals surface area contributed by atoms with Crippen molar-refractivity contribution in [3.63, 3.8) is 0 Å². The number of nitriles is 1. The molecule has 0 aliphatic carbocycles. The number of nitrogens with zero attached hydrogens (tertiary/aromatic N) is 3. The maximum Gasteiger partial charge on any atom is 0.270 e. The van der Waals surface area contributed by atoms with Gasteiger partial charge < -0.3 is 4.90 Å². The van der Waals surface area contributed by atoms with E-state index in [-0.39, 0.29) is 5.69 Å². The molecule has 19 heavy (non-hydrogen) atoms. The number of anilines is 1. The minimum Gasteiger partial charge on any atom is -0.368 e. The molecular weight excluding hydrogens is 262 g/mol. The van der Waals surface area contributed by atoms with Crippen LogP contribution in [0.3, 0.4) is 0 Å². The van der Waals surface area contributed by atoms with Gasteiger partial charge in [0.05, 0.1) is 16.2 Å². The van der Waals surface area contributed by atoms with Crippen molar-refractivity contribution < 1.29 is 4.92 Å². The van der Waals surface area contributed by atoms with E-state index in [1.54, 1.807) is 6.07 Å². The van der Waals surface area contributed by atoms with Gasteiger partial charge in [0.25, 0.3) is 5.69 Å². The summed E-state index contributed by atoms with van der Waals surface area (Å²) >= 11 is 1.93. The zero-order valence-corrected chi connectivity index (χ0v) is 11.7. The van der Waals surface area contributed by atoms with Crippen LogP contribution >= 0.6 is 11.8 Å². The van der Waals surface area contributed by atoms with Crippen LogP contribution in [0.4, 0.5) is 11.4 Å². The first kappa shape index (κ1) is 13.7. The Labute approximate surface area is 116 Å². The van der Waals surface area contributed by atoms with E-state index in [2.05, 4.69) is 24.8 Å². The van der Waals surface area contributed by atoms with Gasteiger partial charge in [0, 0.05) is 35.7 Å². The van der Waals surface area contributed by atoms with E-state index in [4.69, 9.17) is 0 Å². The van der Waals surface area contributed by atoms with Gasteiger partial charge in [-0.1, -0.05) is 13.8 Å². The third-order valence-corrected chi connectivity index (χ3v) is 4.30. The van der Waals surface area contributed by atoms with E-state index in [0.29, 0.717) is 16.1 Å². The molecule has 1 aromatic rings. The topological polar surface area (TPSA) is 70.2 Å². The van der Waals surface area contributed by atoms with Gasteiger partial charge in [-0.3, -0.25) is 10.1 Å². The Morgan fingerprint density at radius 1 is 1.42 bits per heavy atom. The van der Waals surface area contributed by atoms with Crippen LogP contribution < -0.4 is 4.90 Å². The molecule has 0 amide bonds. The zero-order chi connectivity index (χ0) is 14.0. The Morgan fingerprint density at radius 3 is 2.58 bits per heavy atom. The highest BCUT2D eigenvalue weighted by Gasteiger charge is 2.24. The van der Waals surface area contributed by atoms with Crippen molar-refractivity contribution in [3.05, 3.63) is 33.9 Å². The van der Waals surface area contributed by atoms with E-state index in [0.717, 1.165) is 18.8 Å². The number of thioether (sulfide) groups is 1. The quantitative estimate of drug-likeness (QED) is 0.614. The molecule has 1 aliphatic heterocycles. The average molecular weight is 277 g/mol. The van der Waals surface area contributed by atoms with E-state index in [9.17, 15) is 15.4 Å². The monoisotopic (exact) mass is 277 g/mol. The minimum absolute atomic E-state index is 0.0345. The van der Waals surface area contributed by atoms with Crippen molar-refractivity contribution in [1.29, 1.82) is 5.26 Å². The summed E-state index contributed by atoms with van der Waals surface area (Å²) < 4.78 is 0. The molecule has 1 fully saturated rings. The third-order valence-electron chi connectivity index (χ3n) is 3.07. The minimum atomic E-state index is -0.470. The maximum atomic E-state index is 10.7. The summed E-state index contributed by atoms with van der Waals surface area (Å²) in [5, 5.41) is 20.9. The van der Waals surface area contributed by atoms with Gasteiger partial charge >= 0.3 is 0 Å². The van der Waals surface area contributed by atoms with Crippen LogP contribution in [0.1, 0.15) is 19.4 Å². The first-order valence-corrected chi connectivity index (χ1v) is 7.04. The lowest BCUT2D eigenvalue weighted by atomic mass is 10.1. The summed E-state index contributed by atoms with van der Waals surface area (Å²) in [6.07, 6.45) is 0. The molecule has 2 atom stereocenters. The smallest absolute Gasteiger partial charge is 0.270 e. The standard InChI is InChI=1S/C13H15N3O2S/c1-9-7-15(8-10(2)19-9)13-4-3-12(16(17)18)5-11(13)6-14/h3-5,9-10H,7-8H2,1-2H3. The summed E-state index contributed by atoms with van der Waals surface area (Å²) in [5.74, 6) is 0. The number of non-ortho nitro benzene ring substituents is 1. The highest BCUT2D eigenvalue weighted by molar-refractivity contribution is 8.00. The number of nitro benzene ring substituents is 1. The lowest BCUT2D eigenvalue weighted by Crippen LogP contribution is -2.40. The molecule has 2 unspecified atom stereocenters. The van der Waals surface area contributed by atoms with E-state index < -0.39 is 4.92 Å². The Kier molecular flexibility index (Phi) is 3.96. The van der Waals surface area contributed by atoms with Crippen LogP contribution in [0.15, 0.2) is 18.2 Å². The van der Waals surface area contributed by atoms with Crippen molar-refractivity contribution in [2.45, 2.75) is 24.3 Å². The molecule has 5 nitrogen and oxygen atoms in total. The van der Waals surface area contributed by atoms with E-state index >= 15 is 0 Å². The van der Waals surface area contributed by atoms with Crippen molar-refractivity contribution in [3.8, 4) is 6.07 Å². The number of hydrogen-bond donors (Lipinski definition) is 0. The zero-order valence-electron chi connectivity index (χ0n) is 10.9. The fourth-order valence-corrected chi connectivity index (χ4v) is 3.70.